The van der Waals surface area contributed by atoms with Gasteiger partial charge in [0.15, 0.2) is 0 Å². The van der Waals surface area contributed by atoms with Gasteiger partial charge in [-0.15, -0.1) is 0 Å². The Kier molecular flexibility index (Phi) is 5.34. The monoisotopic (exact) mass is 297 g/mol. The average molecular weight is 297 g/mol. The second kappa shape index (κ2) is 7.23. The number of aliphatic carboxylic acids is 1. The maximum Gasteiger partial charge on any atom is 0.303 e. The Balaban J connectivity index is 2.26. The van der Waals surface area contributed by atoms with Gasteiger partial charge in [0.25, 0.3) is 0 Å². The number of rotatable bonds is 6. The smallest absolute Gasteiger partial charge is 0.303 e. The minimum atomic E-state index is -0.757. The van der Waals surface area contributed by atoms with Crippen LogP contribution < -0.4 is 0 Å². The first-order valence-corrected chi connectivity index (χ1v) is 7.52. The lowest BCUT2D eigenvalue weighted by molar-refractivity contribution is -0.137. The molecule has 2 rings (SSSR count). The molecule has 1 atom stereocenters. The topological polar surface area (TPSA) is 40.5 Å². The van der Waals surface area contributed by atoms with Crippen molar-refractivity contribution in [2.75, 3.05) is 14.1 Å². The van der Waals surface area contributed by atoms with E-state index in [0.717, 1.165) is 12.1 Å². The number of hydrogen-bond donors (Lipinski definition) is 1. The standard InChI is InChI=1S/C19H23NO2/c1-14(12-19(21)22)15-8-10-16(11-9-15)18-7-5-4-6-17(18)13-20(2)3/h4-11,14H,12-13H2,1-3H3,(H,21,22). The molecule has 0 aromatic heterocycles. The van der Waals surface area contributed by atoms with E-state index in [0.29, 0.717) is 0 Å². The molecule has 1 N–H and O–H groups in total. The quantitative estimate of drug-likeness (QED) is 0.876. The number of carbonyl (C=O) groups is 1. The summed E-state index contributed by atoms with van der Waals surface area (Å²) in [6.07, 6.45) is 0.163. The molecule has 0 aliphatic heterocycles. The van der Waals surface area contributed by atoms with Crippen LogP contribution in [0.5, 0.6) is 0 Å². The first kappa shape index (κ1) is 16.2. The summed E-state index contributed by atoms with van der Waals surface area (Å²) < 4.78 is 0. The van der Waals surface area contributed by atoms with Crippen LogP contribution in [0, 0.1) is 0 Å². The van der Waals surface area contributed by atoms with E-state index in [1.165, 1.54) is 16.7 Å². The predicted molar refractivity (Wildman–Crippen MR) is 89.9 cm³/mol. The zero-order chi connectivity index (χ0) is 16.1. The van der Waals surface area contributed by atoms with E-state index < -0.39 is 5.97 Å². The second-order valence-electron chi connectivity index (χ2n) is 6.02. The molecule has 0 bridgehead atoms. The van der Waals surface area contributed by atoms with Crippen LogP contribution in [0.2, 0.25) is 0 Å². The summed E-state index contributed by atoms with van der Waals surface area (Å²) in [7, 11) is 4.13. The van der Waals surface area contributed by atoms with Gasteiger partial charge in [-0.2, -0.15) is 0 Å². The molecule has 22 heavy (non-hydrogen) atoms. The highest BCUT2D eigenvalue weighted by Crippen LogP contribution is 2.27. The Morgan fingerprint density at radius 1 is 1.09 bits per heavy atom. The Morgan fingerprint density at radius 3 is 2.32 bits per heavy atom. The Hall–Kier alpha value is -2.13. The van der Waals surface area contributed by atoms with Gasteiger partial charge in [0, 0.05) is 6.54 Å². The molecule has 0 aliphatic rings. The van der Waals surface area contributed by atoms with Crippen LogP contribution in [0.15, 0.2) is 48.5 Å². The molecule has 0 spiro atoms. The fourth-order valence-electron chi connectivity index (χ4n) is 2.65. The van der Waals surface area contributed by atoms with E-state index in [1.807, 2.05) is 19.1 Å². The number of benzene rings is 2. The zero-order valence-electron chi connectivity index (χ0n) is 13.4. The van der Waals surface area contributed by atoms with Crippen molar-refractivity contribution in [2.24, 2.45) is 0 Å². The molecule has 1 unspecified atom stereocenters. The van der Waals surface area contributed by atoms with Crippen molar-refractivity contribution in [2.45, 2.75) is 25.8 Å². The number of hydrogen-bond acceptors (Lipinski definition) is 2. The van der Waals surface area contributed by atoms with Gasteiger partial charge in [0.05, 0.1) is 6.42 Å². The van der Waals surface area contributed by atoms with Crippen molar-refractivity contribution in [1.82, 2.24) is 4.90 Å². The van der Waals surface area contributed by atoms with E-state index in [9.17, 15) is 4.79 Å². The molecule has 3 nitrogen and oxygen atoms in total. The fraction of sp³-hybridized carbons (Fsp3) is 0.316. The van der Waals surface area contributed by atoms with Crippen molar-refractivity contribution >= 4 is 5.97 Å². The van der Waals surface area contributed by atoms with Crippen LogP contribution in [0.1, 0.15) is 30.4 Å². The van der Waals surface area contributed by atoms with Crippen LogP contribution >= 0.6 is 0 Å². The highest BCUT2D eigenvalue weighted by Gasteiger charge is 2.11. The average Bonchev–Trinajstić information content (AvgIpc) is 2.47. The molecule has 0 saturated carbocycles. The summed E-state index contributed by atoms with van der Waals surface area (Å²) in [6.45, 7) is 2.84. The molecule has 3 heteroatoms. The third kappa shape index (κ3) is 4.18. The van der Waals surface area contributed by atoms with Gasteiger partial charge in [0.2, 0.25) is 0 Å². The van der Waals surface area contributed by atoms with Crippen molar-refractivity contribution in [3.63, 3.8) is 0 Å². The van der Waals surface area contributed by atoms with Crippen molar-refractivity contribution in [1.29, 1.82) is 0 Å². The summed E-state index contributed by atoms with van der Waals surface area (Å²) in [6, 6.07) is 16.6. The number of carboxylic acids is 1. The molecular weight excluding hydrogens is 274 g/mol. The summed E-state index contributed by atoms with van der Waals surface area (Å²) >= 11 is 0. The molecular formula is C19H23NO2. The lowest BCUT2D eigenvalue weighted by Crippen LogP contribution is -2.11. The Bertz CT molecular complexity index is 632. The lowest BCUT2D eigenvalue weighted by atomic mass is 9.94. The third-order valence-corrected chi connectivity index (χ3v) is 3.78. The summed E-state index contributed by atoms with van der Waals surface area (Å²) in [5.41, 5.74) is 4.76. The normalized spacial score (nSPS) is 12.4. The van der Waals surface area contributed by atoms with Gasteiger partial charge >= 0.3 is 5.97 Å². The molecule has 0 radical (unpaired) electrons. The van der Waals surface area contributed by atoms with Gasteiger partial charge in [-0.25, -0.2) is 0 Å². The molecule has 116 valence electrons. The SMILES string of the molecule is CC(CC(=O)O)c1ccc(-c2ccccc2CN(C)C)cc1. The van der Waals surface area contributed by atoms with Crippen molar-refractivity contribution in [3.05, 3.63) is 59.7 Å². The highest BCUT2D eigenvalue weighted by atomic mass is 16.4. The maximum absolute atomic E-state index is 10.8. The van der Waals surface area contributed by atoms with Gasteiger partial charge in [0.1, 0.15) is 0 Å². The van der Waals surface area contributed by atoms with Crippen molar-refractivity contribution in [3.8, 4) is 11.1 Å². The Labute approximate surface area is 132 Å². The molecule has 0 fully saturated rings. The van der Waals surface area contributed by atoms with Gasteiger partial charge in [-0.05, 0) is 42.3 Å². The van der Waals surface area contributed by atoms with Crippen LogP contribution in [0.25, 0.3) is 11.1 Å². The molecule has 2 aromatic rings. The largest absolute Gasteiger partial charge is 0.481 e. The van der Waals surface area contributed by atoms with E-state index in [2.05, 4.69) is 55.4 Å². The molecule has 0 aliphatic carbocycles. The second-order valence-corrected chi connectivity index (χ2v) is 6.02. The lowest BCUT2D eigenvalue weighted by Gasteiger charge is -2.15. The van der Waals surface area contributed by atoms with E-state index in [1.54, 1.807) is 0 Å². The van der Waals surface area contributed by atoms with Crippen LogP contribution in [-0.4, -0.2) is 30.1 Å². The number of carboxylic acid groups (broad SMARTS) is 1. The van der Waals surface area contributed by atoms with Crippen LogP contribution in [0.4, 0.5) is 0 Å². The minimum Gasteiger partial charge on any atom is -0.481 e. The first-order chi connectivity index (χ1) is 10.5. The van der Waals surface area contributed by atoms with E-state index in [4.69, 9.17) is 5.11 Å². The molecule has 0 heterocycles. The summed E-state index contributed by atoms with van der Waals surface area (Å²) in [5, 5.41) is 8.89. The molecule has 0 amide bonds. The van der Waals surface area contributed by atoms with E-state index >= 15 is 0 Å². The van der Waals surface area contributed by atoms with Gasteiger partial charge in [-0.1, -0.05) is 55.5 Å². The van der Waals surface area contributed by atoms with Gasteiger partial charge in [-0.3, -0.25) is 4.79 Å². The summed E-state index contributed by atoms with van der Waals surface area (Å²) in [5.74, 6) is -0.725. The van der Waals surface area contributed by atoms with Crippen LogP contribution in [0.3, 0.4) is 0 Å². The predicted octanol–water partition coefficient (Wildman–Crippen LogP) is 3.99. The fourth-order valence-corrected chi connectivity index (χ4v) is 2.65. The number of nitrogens with zero attached hydrogens (tertiary/aromatic N) is 1. The third-order valence-electron chi connectivity index (χ3n) is 3.78. The summed E-state index contributed by atoms with van der Waals surface area (Å²) in [4.78, 5) is 13.0. The molecule has 0 saturated heterocycles. The maximum atomic E-state index is 10.8. The highest BCUT2D eigenvalue weighted by molar-refractivity contribution is 5.69. The van der Waals surface area contributed by atoms with E-state index in [-0.39, 0.29) is 12.3 Å². The van der Waals surface area contributed by atoms with Crippen LogP contribution in [-0.2, 0) is 11.3 Å². The zero-order valence-corrected chi connectivity index (χ0v) is 13.4. The van der Waals surface area contributed by atoms with Crippen molar-refractivity contribution < 1.29 is 9.90 Å². The Morgan fingerprint density at radius 2 is 1.73 bits per heavy atom. The minimum absolute atomic E-state index is 0.0311. The molecule has 2 aromatic carbocycles. The van der Waals surface area contributed by atoms with Gasteiger partial charge < -0.3 is 10.0 Å². The first-order valence-electron chi connectivity index (χ1n) is 7.52.